The van der Waals surface area contributed by atoms with Crippen LogP contribution in [0.2, 0.25) is 19.6 Å². The van der Waals surface area contributed by atoms with E-state index in [0.717, 1.165) is 19.3 Å². The van der Waals surface area contributed by atoms with Gasteiger partial charge in [-0.2, -0.15) is 0 Å². The second-order valence-electron chi connectivity index (χ2n) is 6.04. The lowest BCUT2D eigenvalue weighted by Crippen LogP contribution is -2.49. The van der Waals surface area contributed by atoms with Gasteiger partial charge in [-0.3, -0.25) is 4.79 Å². The van der Waals surface area contributed by atoms with Gasteiger partial charge in [0.25, 0.3) is 0 Å². The van der Waals surface area contributed by atoms with Crippen LogP contribution in [-0.2, 0) is 9.53 Å². The van der Waals surface area contributed by atoms with Gasteiger partial charge in [-0.1, -0.05) is 19.6 Å². The van der Waals surface area contributed by atoms with Gasteiger partial charge in [0.1, 0.15) is 8.24 Å². The molecule has 1 fully saturated rings. The molecule has 1 atom stereocenters. The zero-order valence-electron chi connectivity index (χ0n) is 11.8. The van der Waals surface area contributed by atoms with E-state index in [1.807, 2.05) is 0 Å². The van der Waals surface area contributed by atoms with Gasteiger partial charge in [-0.25, -0.2) is 0 Å². The molecule has 0 bridgehead atoms. The second kappa shape index (κ2) is 6.54. The summed E-state index contributed by atoms with van der Waals surface area (Å²) in [7, 11) is 1.05. The summed E-state index contributed by atoms with van der Waals surface area (Å²) in [5.41, 5.74) is 0. The van der Waals surface area contributed by atoms with Gasteiger partial charge < -0.3 is 9.30 Å². The van der Waals surface area contributed by atoms with E-state index in [1.165, 1.54) is 12.8 Å². The summed E-state index contributed by atoms with van der Waals surface area (Å²) in [6.45, 7) is 7.78. The van der Waals surface area contributed by atoms with Gasteiger partial charge in [0.2, 0.25) is 0 Å². The first-order chi connectivity index (χ1) is 7.91. The minimum absolute atomic E-state index is 0.0127. The van der Waals surface area contributed by atoms with E-state index >= 15 is 0 Å². The molecule has 1 saturated heterocycles. The number of hydrogen-bond acceptors (Lipinski definition) is 3. The molecule has 1 unspecified atom stereocenters. The highest BCUT2D eigenvalue weighted by Gasteiger charge is 2.27. The van der Waals surface area contributed by atoms with E-state index in [0.29, 0.717) is 19.1 Å². The number of ether oxygens (including phenoxy) is 1. The first kappa shape index (κ1) is 14.7. The fourth-order valence-electron chi connectivity index (χ4n) is 2.30. The van der Waals surface area contributed by atoms with Gasteiger partial charge in [-0.05, 0) is 39.2 Å². The lowest BCUT2D eigenvalue weighted by atomic mass is 10.0. The summed E-state index contributed by atoms with van der Waals surface area (Å²) in [6.07, 6.45) is 6.14. The Bertz CT molecular complexity index is 250. The number of hydrogen-bond donors (Lipinski definition) is 0. The maximum Gasteiger partial charge on any atom is 0.305 e. The van der Waals surface area contributed by atoms with Crippen molar-refractivity contribution in [2.45, 2.75) is 64.2 Å². The third-order valence-electron chi connectivity index (χ3n) is 3.72. The minimum Gasteiger partial charge on any atom is -0.466 e. The molecule has 1 heterocycles. The predicted molar refractivity (Wildman–Crippen MR) is 73.6 cm³/mol. The Hall–Kier alpha value is -0.353. The monoisotopic (exact) mass is 257 g/mol. The van der Waals surface area contributed by atoms with Gasteiger partial charge in [-0.15, -0.1) is 0 Å². The molecule has 0 spiro atoms. The molecule has 4 heteroatoms. The Morgan fingerprint density at radius 2 is 1.82 bits per heavy atom. The van der Waals surface area contributed by atoms with Crippen LogP contribution in [0.5, 0.6) is 0 Å². The summed E-state index contributed by atoms with van der Waals surface area (Å²) in [4.78, 5) is 11.3. The predicted octanol–water partition coefficient (Wildman–Crippen LogP) is 3.02. The third kappa shape index (κ3) is 5.21. The van der Waals surface area contributed by atoms with Crippen molar-refractivity contribution in [3.05, 3.63) is 0 Å². The molecule has 17 heavy (non-hydrogen) atoms. The minimum atomic E-state index is -1.22. The number of esters is 1. The number of rotatable bonds is 2. The molecule has 1 aliphatic heterocycles. The Morgan fingerprint density at radius 3 is 2.47 bits per heavy atom. The van der Waals surface area contributed by atoms with E-state index in [1.54, 1.807) is 0 Å². The molecule has 100 valence electrons. The highest BCUT2D eigenvalue weighted by Crippen LogP contribution is 2.21. The average Bonchev–Trinajstić information content (AvgIpc) is 2.24. The normalized spacial score (nSPS) is 24.5. The van der Waals surface area contributed by atoms with Crippen LogP contribution in [0.1, 0.15) is 38.5 Å². The molecule has 0 radical (unpaired) electrons. The van der Waals surface area contributed by atoms with Crippen molar-refractivity contribution in [1.29, 1.82) is 0 Å². The van der Waals surface area contributed by atoms with Crippen LogP contribution in [0.15, 0.2) is 0 Å². The molecule has 0 aromatic carbocycles. The van der Waals surface area contributed by atoms with Crippen molar-refractivity contribution in [1.82, 2.24) is 4.57 Å². The van der Waals surface area contributed by atoms with Crippen LogP contribution in [-0.4, -0.2) is 38.5 Å². The molecule has 0 aromatic heterocycles. The first-order valence-electron chi connectivity index (χ1n) is 6.80. The average molecular weight is 257 g/mol. The molecule has 0 N–H and O–H groups in total. The highest BCUT2D eigenvalue weighted by molar-refractivity contribution is 6.73. The standard InChI is InChI=1S/C13H27NO2Si/c1-14(17(2,3)4)12-8-5-6-11-16-13(15)10-7-9-12/h12H,5-11H2,1-4H3. The number of carbonyl (C=O) groups excluding carboxylic acids is 1. The van der Waals surface area contributed by atoms with Gasteiger partial charge in [0, 0.05) is 12.5 Å². The third-order valence-corrected chi connectivity index (χ3v) is 6.20. The largest absolute Gasteiger partial charge is 0.466 e. The zero-order valence-corrected chi connectivity index (χ0v) is 12.8. The summed E-state index contributed by atoms with van der Waals surface area (Å²) < 4.78 is 7.73. The SMILES string of the molecule is CN(C1CCCCOC(=O)CCC1)[Si](C)(C)C. The Kier molecular flexibility index (Phi) is 5.66. The summed E-state index contributed by atoms with van der Waals surface area (Å²) >= 11 is 0. The summed E-state index contributed by atoms with van der Waals surface area (Å²) in [6, 6.07) is 0.660. The second-order valence-corrected chi connectivity index (χ2v) is 11.1. The van der Waals surface area contributed by atoms with Crippen LogP contribution < -0.4 is 0 Å². The van der Waals surface area contributed by atoms with Crippen molar-refractivity contribution in [2.75, 3.05) is 13.7 Å². The van der Waals surface area contributed by atoms with Crippen molar-refractivity contribution in [2.24, 2.45) is 0 Å². The Morgan fingerprint density at radius 1 is 1.18 bits per heavy atom. The maximum absolute atomic E-state index is 11.3. The van der Waals surface area contributed by atoms with Crippen LogP contribution in [0.3, 0.4) is 0 Å². The molecule has 0 aromatic rings. The first-order valence-corrected chi connectivity index (χ1v) is 10.2. The van der Waals surface area contributed by atoms with Crippen molar-refractivity contribution in [3.63, 3.8) is 0 Å². The smallest absolute Gasteiger partial charge is 0.305 e. The van der Waals surface area contributed by atoms with Crippen LogP contribution in [0, 0.1) is 0 Å². The molecular formula is C13H27NO2Si. The number of cyclic esters (lactones) is 1. The summed E-state index contributed by atoms with van der Waals surface area (Å²) in [5.74, 6) is -0.0127. The van der Waals surface area contributed by atoms with E-state index in [-0.39, 0.29) is 5.97 Å². The zero-order chi connectivity index (χ0) is 12.9. The lowest BCUT2D eigenvalue weighted by Gasteiger charge is -2.38. The fourth-order valence-corrected chi connectivity index (χ4v) is 3.66. The number of carbonyl (C=O) groups is 1. The molecule has 3 nitrogen and oxygen atoms in total. The molecule has 0 saturated carbocycles. The fraction of sp³-hybridized carbons (Fsp3) is 0.923. The topological polar surface area (TPSA) is 29.5 Å². The highest BCUT2D eigenvalue weighted by atomic mass is 28.3. The van der Waals surface area contributed by atoms with Gasteiger partial charge in [0.15, 0.2) is 0 Å². The molecule has 1 rings (SSSR count). The molecule has 0 aliphatic carbocycles. The van der Waals surface area contributed by atoms with Crippen LogP contribution in [0.25, 0.3) is 0 Å². The van der Waals surface area contributed by atoms with E-state index < -0.39 is 8.24 Å². The maximum atomic E-state index is 11.3. The lowest BCUT2D eigenvalue weighted by molar-refractivity contribution is -0.144. The Balaban J connectivity index is 2.54. The van der Waals surface area contributed by atoms with E-state index in [2.05, 4.69) is 31.3 Å². The molecule has 1 aliphatic rings. The molecule has 0 amide bonds. The Labute approximate surface area is 107 Å². The van der Waals surface area contributed by atoms with Crippen molar-refractivity contribution in [3.8, 4) is 0 Å². The molecular weight excluding hydrogens is 230 g/mol. The van der Waals surface area contributed by atoms with Gasteiger partial charge in [0.05, 0.1) is 6.61 Å². The van der Waals surface area contributed by atoms with Crippen molar-refractivity contribution >= 4 is 14.2 Å². The number of nitrogens with zero attached hydrogens (tertiary/aromatic N) is 1. The summed E-state index contributed by atoms with van der Waals surface area (Å²) in [5, 5.41) is 0. The van der Waals surface area contributed by atoms with Crippen LogP contribution >= 0.6 is 0 Å². The quantitative estimate of drug-likeness (QED) is 0.562. The van der Waals surface area contributed by atoms with Crippen LogP contribution in [0.4, 0.5) is 0 Å². The van der Waals surface area contributed by atoms with Crippen molar-refractivity contribution < 1.29 is 9.53 Å². The van der Waals surface area contributed by atoms with E-state index in [9.17, 15) is 4.79 Å². The van der Waals surface area contributed by atoms with Gasteiger partial charge >= 0.3 is 5.97 Å². The van der Waals surface area contributed by atoms with E-state index in [4.69, 9.17) is 4.74 Å².